The highest BCUT2D eigenvalue weighted by molar-refractivity contribution is 5.99. The van der Waals surface area contributed by atoms with Crippen molar-refractivity contribution in [2.24, 2.45) is 0 Å². The van der Waals surface area contributed by atoms with Gasteiger partial charge in [-0.3, -0.25) is 9.59 Å². The normalized spacial score (nSPS) is 16.8. The maximum Gasteiger partial charge on any atom is 0.265 e. The SMILES string of the molecule is CC(Nc1ccc2c(c1)NC(=O)C(C)O2)C(=O)Nc1ccc(F)c(F)c1. The quantitative estimate of drug-likeness (QED) is 0.782. The van der Waals surface area contributed by atoms with E-state index in [2.05, 4.69) is 16.0 Å². The summed E-state index contributed by atoms with van der Waals surface area (Å²) in [5.74, 6) is -2.16. The van der Waals surface area contributed by atoms with E-state index in [-0.39, 0.29) is 11.6 Å². The van der Waals surface area contributed by atoms with Gasteiger partial charge in [-0.1, -0.05) is 0 Å². The third-order valence-corrected chi connectivity index (χ3v) is 3.87. The van der Waals surface area contributed by atoms with E-state index in [9.17, 15) is 18.4 Å². The minimum atomic E-state index is -1.04. The number of carbonyl (C=O) groups is 2. The maximum atomic E-state index is 13.2. The zero-order chi connectivity index (χ0) is 18.8. The molecule has 8 heteroatoms. The molecule has 0 saturated carbocycles. The molecule has 26 heavy (non-hydrogen) atoms. The highest BCUT2D eigenvalue weighted by Crippen LogP contribution is 2.32. The van der Waals surface area contributed by atoms with Gasteiger partial charge in [-0.15, -0.1) is 0 Å². The van der Waals surface area contributed by atoms with Crippen molar-refractivity contribution < 1.29 is 23.1 Å². The van der Waals surface area contributed by atoms with Crippen molar-refractivity contribution in [1.29, 1.82) is 0 Å². The van der Waals surface area contributed by atoms with Crippen LogP contribution in [0.15, 0.2) is 36.4 Å². The Morgan fingerprint density at radius 3 is 2.62 bits per heavy atom. The summed E-state index contributed by atoms with van der Waals surface area (Å²) < 4.78 is 31.6. The van der Waals surface area contributed by atoms with Crippen molar-refractivity contribution in [2.45, 2.75) is 26.0 Å². The van der Waals surface area contributed by atoms with Crippen molar-refractivity contribution in [2.75, 3.05) is 16.0 Å². The van der Waals surface area contributed by atoms with E-state index in [1.54, 1.807) is 32.0 Å². The van der Waals surface area contributed by atoms with Crippen LogP contribution in [0, 0.1) is 11.6 Å². The predicted molar refractivity (Wildman–Crippen MR) is 93.2 cm³/mol. The fourth-order valence-electron chi connectivity index (χ4n) is 2.44. The Labute approximate surface area is 148 Å². The molecule has 136 valence electrons. The van der Waals surface area contributed by atoms with Crippen LogP contribution in [0.1, 0.15) is 13.8 Å². The van der Waals surface area contributed by atoms with E-state index in [0.717, 1.165) is 12.1 Å². The van der Waals surface area contributed by atoms with E-state index in [0.29, 0.717) is 17.1 Å². The smallest absolute Gasteiger partial charge is 0.265 e. The first-order valence-electron chi connectivity index (χ1n) is 7.97. The van der Waals surface area contributed by atoms with Crippen LogP contribution in [0.4, 0.5) is 25.8 Å². The first kappa shape index (κ1) is 17.7. The molecular weight excluding hydrogens is 344 g/mol. The third-order valence-electron chi connectivity index (χ3n) is 3.87. The van der Waals surface area contributed by atoms with Gasteiger partial charge >= 0.3 is 0 Å². The Hall–Kier alpha value is -3.16. The Balaban J connectivity index is 1.66. The fraction of sp³-hybridized carbons (Fsp3) is 0.222. The average Bonchev–Trinajstić information content (AvgIpc) is 2.59. The lowest BCUT2D eigenvalue weighted by molar-refractivity contribution is -0.122. The minimum Gasteiger partial charge on any atom is -0.479 e. The molecule has 0 saturated heterocycles. The maximum absolute atomic E-state index is 13.2. The summed E-state index contributed by atoms with van der Waals surface area (Å²) in [6.45, 7) is 3.26. The number of hydrogen-bond donors (Lipinski definition) is 3. The molecule has 2 unspecified atom stereocenters. The number of amides is 2. The number of nitrogens with one attached hydrogen (secondary N) is 3. The van der Waals surface area contributed by atoms with Crippen molar-refractivity contribution in [3.05, 3.63) is 48.0 Å². The number of anilines is 3. The molecule has 2 aromatic carbocycles. The van der Waals surface area contributed by atoms with Crippen LogP contribution in [-0.2, 0) is 9.59 Å². The number of benzene rings is 2. The molecule has 2 aromatic rings. The number of fused-ring (bicyclic) bond motifs is 1. The standard InChI is InChI=1S/C18H17F2N3O3/c1-9(17(24)22-11-3-5-13(19)14(20)7-11)21-12-4-6-16-15(8-12)23-18(25)10(2)26-16/h3-10,21H,1-2H3,(H,22,24)(H,23,25). The lowest BCUT2D eigenvalue weighted by Crippen LogP contribution is -2.34. The van der Waals surface area contributed by atoms with Gasteiger partial charge in [0.05, 0.1) is 5.69 Å². The van der Waals surface area contributed by atoms with Gasteiger partial charge in [-0.25, -0.2) is 8.78 Å². The Morgan fingerprint density at radius 2 is 1.88 bits per heavy atom. The third kappa shape index (κ3) is 3.74. The summed E-state index contributed by atoms with van der Waals surface area (Å²) in [4.78, 5) is 23.9. The largest absolute Gasteiger partial charge is 0.479 e. The van der Waals surface area contributed by atoms with Crippen LogP contribution >= 0.6 is 0 Å². The van der Waals surface area contributed by atoms with Gasteiger partial charge in [-0.05, 0) is 44.2 Å². The highest BCUT2D eigenvalue weighted by Gasteiger charge is 2.24. The van der Waals surface area contributed by atoms with Crippen molar-refractivity contribution in [1.82, 2.24) is 0 Å². The van der Waals surface area contributed by atoms with Gasteiger partial charge in [0, 0.05) is 17.4 Å². The lowest BCUT2D eigenvalue weighted by atomic mass is 10.2. The molecule has 1 aliphatic heterocycles. The summed E-state index contributed by atoms with van der Waals surface area (Å²) in [5, 5.41) is 8.20. The van der Waals surface area contributed by atoms with Crippen LogP contribution in [0.25, 0.3) is 0 Å². The van der Waals surface area contributed by atoms with Crippen LogP contribution in [0.5, 0.6) is 5.75 Å². The summed E-state index contributed by atoms with van der Waals surface area (Å²) in [5.41, 5.74) is 1.25. The van der Waals surface area contributed by atoms with Crippen LogP contribution in [0.3, 0.4) is 0 Å². The molecule has 1 heterocycles. The molecule has 0 aromatic heterocycles. The lowest BCUT2D eigenvalue weighted by Gasteiger charge is -2.24. The van der Waals surface area contributed by atoms with Crippen LogP contribution < -0.4 is 20.7 Å². The topological polar surface area (TPSA) is 79.5 Å². The fourth-order valence-corrected chi connectivity index (χ4v) is 2.44. The van der Waals surface area contributed by atoms with Crippen LogP contribution in [0.2, 0.25) is 0 Å². The number of carbonyl (C=O) groups excluding carboxylic acids is 2. The van der Waals surface area contributed by atoms with Gasteiger partial charge < -0.3 is 20.7 Å². The molecule has 2 atom stereocenters. The number of halogens is 2. The van der Waals surface area contributed by atoms with Crippen LogP contribution in [-0.4, -0.2) is 24.0 Å². The first-order valence-corrected chi connectivity index (χ1v) is 7.97. The molecule has 1 aliphatic rings. The molecule has 0 radical (unpaired) electrons. The summed E-state index contributed by atoms with van der Waals surface area (Å²) in [7, 11) is 0. The van der Waals surface area contributed by atoms with Gasteiger partial charge in [0.25, 0.3) is 5.91 Å². The molecule has 0 aliphatic carbocycles. The molecule has 2 amide bonds. The molecule has 6 nitrogen and oxygen atoms in total. The van der Waals surface area contributed by atoms with Gasteiger partial charge in [0.2, 0.25) is 5.91 Å². The summed E-state index contributed by atoms with van der Waals surface area (Å²) in [6, 6.07) is 7.51. The first-order chi connectivity index (χ1) is 12.3. The monoisotopic (exact) mass is 361 g/mol. The Morgan fingerprint density at radius 1 is 1.15 bits per heavy atom. The molecule has 0 spiro atoms. The van der Waals surface area contributed by atoms with E-state index in [4.69, 9.17) is 4.74 Å². The van der Waals surface area contributed by atoms with E-state index in [1.807, 2.05) is 0 Å². The second-order valence-corrected chi connectivity index (χ2v) is 5.94. The van der Waals surface area contributed by atoms with Gasteiger partial charge in [-0.2, -0.15) is 0 Å². The summed E-state index contributed by atoms with van der Waals surface area (Å²) in [6.07, 6.45) is -0.567. The molecular formula is C18H17F2N3O3. The highest BCUT2D eigenvalue weighted by atomic mass is 19.2. The van der Waals surface area contributed by atoms with Gasteiger partial charge in [0.15, 0.2) is 17.7 Å². The second-order valence-electron chi connectivity index (χ2n) is 5.94. The van der Waals surface area contributed by atoms with Gasteiger partial charge in [0.1, 0.15) is 11.8 Å². The molecule has 3 rings (SSSR count). The zero-order valence-corrected chi connectivity index (χ0v) is 14.1. The van der Waals surface area contributed by atoms with E-state index >= 15 is 0 Å². The molecule has 0 fully saturated rings. The Kier molecular flexibility index (Phi) is 4.75. The van der Waals surface area contributed by atoms with Crippen molar-refractivity contribution >= 4 is 28.9 Å². The zero-order valence-electron chi connectivity index (χ0n) is 14.1. The second kappa shape index (κ2) is 6.99. The predicted octanol–water partition coefficient (Wildman–Crippen LogP) is 3.12. The van der Waals surface area contributed by atoms with E-state index < -0.39 is 29.7 Å². The summed E-state index contributed by atoms with van der Waals surface area (Å²) >= 11 is 0. The average molecular weight is 361 g/mol. The molecule has 0 bridgehead atoms. The number of hydrogen-bond acceptors (Lipinski definition) is 4. The molecule has 3 N–H and O–H groups in total. The van der Waals surface area contributed by atoms with Crippen molar-refractivity contribution in [3.8, 4) is 5.75 Å². The Bertz CT molecular complexity index is 873. The van der Waals surface area contributed by atoms with Crippen molar-refractivity contribution in [3.63, 3.8) is 0 Å². The number of rotatable bonds is 4. The minimum absolute atomic E-state index is 0.155. The van der Waals surface area contributed by atoms with E-state index in [1.165, 1.54) is 6.07 Å². The number of ether oxygens (including phenoxy) is 1.